The van der Waals surface area contributed by atoms with Crippen molar-refractivity contribution in [2.75, 3.05) is 13.2 Å². The Balaban J connectivity index is 0. The highest BCUT2D eigenvalue weighted by atomic mass is 35.5. The molecule has 0 rings (SSSR count). The maximum atomic E-state index is 11.8. The first-order valence-corrected chi connectivity index (χ1v) is 11.0. The fourth-order valence-corrected chi connectivity index (χ4v) is 2.77. The van der Waals surface area contributed by atoms with E-state index in [0.717, 1.165) is 12.8 Å². The second kappa shape index (κ2) is 22.9. The average Bonchev–Trinajstić information content (AvgIpc) is 2.71. The fourth-order valence-electron chi connectivity index (χ4n) is 2.77. The van der Waals surface area contributed by atoms with Crippen LogP contribution in [0.5, 0.6) is 0 Å². The van der Waals surface area contributed by atoms with E-state index >= 15 is 0 Å². The fraction of sp³-hybridized carbons (Fsp3) is 0.850. The molecule has 0 unspecified atom stereocenters. The standard InChI is InChI=1S/C20H40N4O3.ClHO/c1-2-3-4-5-6-7-8-9-10-12-17(25)14-16-27-19(26)18(21)13-11-15-24-20(22)23;1-2/h18H,2-16,21H2,1H3,(H4,22,23,24);2H/t18-;/m0./s1. The molecule has 0 aliphatic rings. The van der Waals surface area contributed by atoms with Gasteiger partial charge in [0.25, 0.3) is 0 Å². The smallest absolute Gasteiger partial charge is 0.322 e. The third-order valence-corrected chi connectivity index (χ3v) is 4.45. The molecule has 0 radical (unpaired) electrons. The van der Waals surface area contributed by atoms with Crippen molar-refractivity contribution in [2.45, 2.75) is 96.4 Å². The minimum atomic E-state index is -0.702. The minimum Gasteiger partial charge on any atom is -0.464 e. The Hall–Kier alpha value is -1.38. The highest BCUT2D eigenvalue weighted by molar-refractivity contribution is 6.04. The van der Waals surface area contributed by atoms with Crippen LogP contribution in [0.25, 0.3) is 0 Å². The van der Waals surface area contributed by atoms with E-state index in [1.54, 1.807) is 0 Å². The molecule has 7 N–H and O–H groups in total. The second-order valence-electron chi connectivity index (χ2n) is 7.09. The number of ketones is 1. The highest BCUT2D eigenvalue weighted by Crippen LogP contribution is 2.11. The van der Waals surface area contributed by atoms with Crippen molar-refractivity contribution in [1.29, 1.82) is 0 Å². The summed E-state index contributed by atoms with van der Waals surface area (Å²) in [5.41, 5.74) is 16.2. The van der Waals surface area contributed by atoms with Crippen LogP contribution in [0.3, 0.4) is 0 Å². The molecular weight excluding hydrogens is 396 g/mol. The lowest BCUT2D eigenvalue weighted by molar-refractivity contribution is -0.145. The molecule has 0 heterocycles. The Bertz CT molecular complexity index is 433. The van der Waals surface area contributed by atoms with Crippen LogP contribution < -0.4 is 17.2 Å². The first-order chi connectivity index (χ1) is 14.0. The number of hydrogen-bond acceptors (Lipinski definition) is 6. The van der Waals surface area contributed by atoms with Crippen molar-refractivity contribution >= 4 is 29.6 Å². The summed E-state index contributed by atoms with van der Waals surface area (Å²) >= 11 is 3.64. The predicted octanol–water partition coefficient (Wildman–Crippen LogP) is 2.92. The number of unbranched alkanes of at least 4 members (excludes halogenated alkanes) is 8. The van der Waals surface area contributed by atoms with Crippen LogP contribution >= 0.6 is 11.9 Å². The van der Waals surface area contributed by atoms with E-state index in [0.29, 0.717) is 25.8 Å². The summed E-state index contributed by atoms with van der Waals surface area (Å²) in [5.74, 6) is -0.306. The van der Waals surface area contributed by atoms with Crippen LogP contribution in [0, 0.1) is 0 Å². The molecular formula is C20H41ClN4O4. The monoisotopic (exact) mass is 436 g/mol. The molecule has 0 fully saturated rings. The van der Waals surface area contributed by atoms with Gasteiger partial charge in [0.15, 0.2) is 5.96 Å². The Morgan fingerprint density at radius 3 is 2.03 bits per heavy atom. The highest BCUT2D eigenvalue weighted by Gasteiger charge is 2.15. The summed E-state index contributed by atoms with van der Waals surface area (Å²) in [5, 5.41) is 0. The molecule has 0 aliphatic heterocycles. The van der Waals surface area contributed by atoms with E-state index in [1.807, 2.05) is 0 Å². The molecule has 0 spiro atoms. The zero-order chi connectivity index (χ0) is 22.3. The first-order valence-electron chi connectivity index (χ1n) is 10.6. The predicted molar refractivity (Wildman–Crippen MR) is 118 cm³/mol. The molecule has 0 aromatic carbocycles. The van der Waals surface area contributed by atoms with Crippen LogP contribution in [-0.4, -0.2) is 41.6 Å². The van der Waals surface area contributed by atoms with Gasteiger partial charge in [-0.3, -0.25) is 19.2 Å². The average molecular weight is 437 g/mol. The van der Waals surface area contributed by atoms with Crippen molar-refractivity contribution < 1.29 is 19.0 Å². The van der Waals surface area contributed by atoms with Gasteiger partial charge in [0, 0.05) is 19.4 Å². The van der Waals surface area contributed by atoms with E-state index in [4.69, 9.17) is 26.6 Å². The molecule has 0 amide bonds. The minimum absolute atomic E-state index is 0.0247. The van der Waals surface area contributed by atoms with Crippen molar-refractivity contribution in [3.63, 3.8) is 0 Å². The number of esters is 1. The summed E-state index contributed by atoms with van der Waals surface area (Å²) in [6, 6.07) is -0.702. The molecule has 8 nitrogen and oxygen atoms in total. The molecule has 1 atom stereocenters. The molecule has 29 heavy (non-hydrogen) atoms. The first kappa shape index (κ1) is 29.8. The van der Waals surface area contributed by atoms with E-state index in [2.05, 4.69) is 23.8 Å². The van der Waals surface area contributed by atoms with E-state index in [9.17, 15) is 9.59 Å². The van der Waals surface area contributed by atoms with Gasteiger partial charge in [-0.15, -0.1) is 0 Å². The van der Waals surface area contributed by atoms with Gasteiger partial charge in [0.1, 0.15) is 11.8 Å². The molecule has 172 valence electrons. The van der Waals surface area contributed by atoms with Gasteiger partial charge >= 0.3 is 5.97 Å². The lowest BCUT2D eigenvalue weighted by Gasteiger charge is -2.10. The SMILES string of the molecule is CCCCCCCCCCCC(=O)CCOC(=O)[C@@H](N)CCCN=C(N)N.OCl. The quantitative estimate of drug-likeness (QED) is 0.111. The number of guanidine groups is 1. The molecule has 0 aromatic rings. The number of hydrogen-bond donors (Lipinski definition) is 4. The van der Waals surface area contributed by atoms with Gasteiger partial charge in [-0.2, -0.15) is 0 Å². The van der Waals surface area contributed by atoms with Gasteiger partial charge in [-0.1, -0.05) is 58.3 Å². The number of carbonyl (C=O) groups is 2. The Labute approximate surface area is 180 Å². The van der Waals surface area contributed by atoms with E-state index in [1.165, 1.54) is 44.9 Å². The number of nitrogens with two attached hydrogens (primary N) is 3. The molecule has 0 saturated heterocycles. The zero-order valence-corrected chi connectivity index (χ0v) is 18.7. The van der Waals surface area contributed by atoms with Crippen LogP contribution in [0.15, 0.2) is 4.99 Å². The van der Waals surface area contributed by atoms with Crippen LogP contribution in [0.1, 0.15) is 90.4 Å². The lowest BCUT2D eigenvalue weighted by Crippen LogP contribution is -2.33. The number of carbonyl (C=O) groups excluding carboxylic acids is 2. The van der Waals surface area contributed by atoms with Crippen molar-refractivity contribution in [3.8, 4) is 0 Å². The molecule has 0 saturated carbocycles. The van der Waals surface area contributed by atoms with Crippen LogP contribution in [-0.2, 0) is 14.3 Å². The maximum absolute atomic E-state index is 11.8. The summed E-state index contributed by atoms with van der Waals surface area (Å²) in [7, 11) is 0. The topological polar surface area (TPSA) is 154 Å². The largest absolute Gasteiger partial charge is 0.464 e. The number of ether oxygens (including phenoxy) is 1. The Morgan fingerprint density at radius 1 is 0.931 bits per heavy atom. The number of Topliss-reactive ketones (excluding diaryl/α,β-unsaturated/α-hetero) is 1. The normalized spacial score (nSPS) is 11.2. The zero-order valence-electron chi connectivity index (χ0n) is 17.9. The summed E-state index contributed by atoms with van der Waals surface area (Å²) in [4.78, 5) is 27.4. The van der Waals surface area contributed by atoms with E-state index < -0.39 is 12.0 Å². The summed E-state index contributed by atoms with van der Waals surface area (Å²) < 4.78 is 11.5. The number of halogens is 1. The molecule has 0 aliphatic carbocycles. The molecule has 0 aromatic heterocycles. The number of rotatable bonds is 18. The van der Waals surface area contributed by atoms with Gasteiger partial charge in [-0.05, 0) is 19.3 Å². The third-order valence-electron chi connectivity index (χ3n) is 4.45. The second-order valence-corrected chi connectivity index (χ2v) is 7.09. The van der Waals surface area contributed by atoms with Gasteiger partial charge < -0.3 is 21.9 Å². The Kier molecular flexibility index (Phi) is 23.6. The summed E-state index contributed by atoms with van der Waals surface area (Å²) in [6.07, 6.45) is 12.9. The van der Waals surface area contributed by atoms with Crippen LogP contribution in [0.4, 0.5) is 0 Å². The van der Waals surface area contributed by atoms with Crippen molar-refractivity contribution in [2.24, 2.45) is 22.2 Å². The maximum Gasteiger partial charge on any atom is 0.322 e. The van der Waals surface area contributed by atoms with Gasteiger partial charge in [-0.25, -0.2) is 0 Å². The lowest BCUT2D eigenvalue weighted by atomic mass is 10.0. The number of aliphatic imine (C=N–C) groups is 1. The molecule has 0 bridgehead atoms. The number of nitrogens with zero attached hydrogens (tertiary/aromatic N) is 1. The van der Waals surface area contributed by atoms with Crippen LogP contribution in [0.2, 0.25) is 0 Å². The van der Waals surface area contributed by atoms with Gasteiger partial charge in [0.2, 0.25) is 0 Å². The Morgan fingerprint density at radius 2 is 1.48 bits per heavy atom. The van der Waals surface area contributed by atoms with E-state index in [-0.39, 0.29) is 24.8 Å². The summed E-state index contributed by atoms with van der Waals surface area (Å²) in [6.45, 7) is 2.76. The van der Waals surface area contributed by atoms with Crippen molar-refractivity contribution in [3.05, 3.63) is 0 Å². The third kappa shape index (κ3) is 22.8. The van der Waals surface area contributed by atoms with Crippen molar-refractivity contribution in [1.82, 2.24) is 0 Å². The molecule has 9 heteroatoms. The van der Waals surface area contributed by atoms with Gasteiger partial charge in [0.05, 0.1) is 18.5 Å².